The Bertz CT molecular complexity index is 677. The lowest BCUT2D eigenvalue weighted by molar-refractivity contribution is 0.626. The van der Waals surface area contributed by atoms with Gasteiger partial charge in [0, 0.05) is 24.5 Å². The smallest absolute Gasteiger partial charge is 0.123 e. The van der Waals surface area contributed by atoms with E-state index >= 15 is 0 Å². The Kier molecular flexibility index (Phi) is 4.06. The molecule has 0 fully saturated rings. The molecule has 3 heteroatoms. The number of nitrogens with two attached hydrogens (primary N) is 1. The van der Waals surface area contributed by atoms with E-state index in [-0.39, 0.29) is 5.82 Å². The second kappa shape index (κ2) is 5.99. The van der Waals surface area contributed by atoms with Gasteiger partial charge in [0.15, 0.2) is 0 Å². The van der Waals surface area contributed by atoms with Crippen LogP contribution in [0, 0.1) is 19.7 Å². The summed E-state index contributed by atoms with van der Waals surface area (Å²) in [5.74, 6) is -0.181. The summed E-state index contributed by atoms with van der Waals surface area (Å²) in [4.78, 5) is 2.41. The van der Waals surface area contributed by atoms with Gasteiger partial charge in [0.25, 0.3) is 0 Å². The summed E-state index contributed by atoms with van der Waals surface area (Å²) in [6, 6.07) is 9.03. The van der Waals surface area contributed by atoms with Gasteiger partial charge in [-0.15, -0.1) is 0 Å². The minimum atomic E-state index is -0.181. The zero-order chi connectivity index (χ0) is 15.7. The highest BCUT2D eigenvalue weighted by atomic mass is 19.1. The summed E-state index contributed by atoms with van der Waals surface area (Å²) in [6.07, 6.45) is 3.45. The number of hydrogen-bond acceptors (Lipinski definition) is 2. The van der Waals surface area contributed by atoms with Crippen LogP contribution in [0.1, 0.15) is 35.1 Å². The van der Waals surface area contributed by atoms with Crippen molar-refractivity contribution in [3.8, 4) is 0 Å². The molecule has 0 spiro atoms. The second-order valence-electron chi connectivity index (χ2n) is 6.23. The molecule has 0 amide bonds. The summed E-state index contributed by atoms with van der Waals surface area (Å²) in [5, 5.41) is 0. The van der Waals surface area contributed by atoms with E-state index in [4.69, 9.17) is 5.73 Å². The van der Waals surface area contributed by atoms with Crippen LogP contribution in [-0.4, -0.2) is 6.54 Å². The van der Waals surface area contributed by atoms with Crippen LogP contribution < -0.4 is 10.6 Å². The Morgan fingerprint density at radius 3 is 2.59 bits per heavy atom. The first-order valence-corrected chi connectivity index (χ1v) is 7.94. The van der Waals surface area contributed by atoms with E-state index in [0.717, 1.165) is 36.3 Å². The number of anilines is 2. The highest BCUT2D eigenvalue weighted by Crippen LogP contribution is 2.35. The van der Waals surface area contributed by atoms with Crippen LogP contribution in [0.25, 0.3) is 0 Å². The zero-order valence-electron chi connectivity index (χ0n) is 13.3. The maximum absolute atomic E-state index is 13.1. The molecule has 0 radical (unpaired) electrons. The Balaban J connectivity index is 1.98. The van der Waals surface area contributed by atoms with E-state index in [2.05, 4.69) is 24.8 Å². The highest BCUT2D eigenvalue weighted by Gasteiger charge is 2.19. The summed E-state index contributed by atoms with van der Waals surface area (Å²) in [5.41, 5.74) is 13.3. The lowest BCUT2D eigenvalue weighted by atomic mass is 9.97. The number of nitrogen functional groups attached to an aromatic ring is 1. The van der Waals surface area contributed by atoms with E-state index < -0.39 is 0 Å². The number of rotatable bonds is 2. The molecular weight excluding hydrogens is 275 g/mol. The molecule has 2 N–H and O–H groups in total. The molecule has 0 aliphatic carbocycles. The van der Waals surface area contributed by atoms with Gasteiger partial charge in [-0.1, -0.05) is 12.1 Å². The predicted molar refractivity (Wildman–Crippen MR) is 90.7 cm³/mol. The first kappa shape index (κ1) is 14.9. The van der Waals surface area contributed by atoms with Gasteiger partial charge in [0.1, 0.15) is 5.82 Å². The lowest BCUT2D eigenvalue weighted by Gasteiger charge is -2.27. The average molecular weight is 298 g/mol. The zero-order valence-corrected chi connectivity index (χ0v) is 13.3. The molecule has 0 bridgehead atoms. The Morgan fingerprint density at radius 1 is 1.14 bits per heavy atom. The van der Waals surface area contributed by atoms with Crippen molar-refractivity contribution in [1.29, 1.82) is 0 Å². The van der Waals surface area contributed by atoms with Gasteiger partial charge < -0.3 is 10.6 Å². The number of hydrogen-bond donors (Lipinski definition) is 1. The molecule has 116 valence electrons. The molecular formula is C19H23FN2. The van der Waals surface area contributed by atoms with E-state index in [1.165, 1.54) is 41.8 Å². The summed E-state index contributed by atoms with van der Waals surface area (Å²) < 4.78 is 13.1. The molecule has 0 atom stereocenters. The van der Waals surface area contributed by atoms with E-state index in [9.17, 15) is 4.39 Å². The standard InChI is InChI=1S/C19H23FN2/c1-13-11-18-17(14(2)19(13)21)5-3-4-10-22(18)12-15-6-8-16(20)9-7-15/h6-9,11H,3-5,10,12,21H2,1-2H3. The van der Waals surface area contributed by atoms with Crippen LogP contribution in [0.2, 0.25) is 0 Å². The minimum Gasteiger partial charge on any atom is -0.398 e. The van der Waals surface area contributed by atoms with Crippen LogP contribution in [0.5, 0.6) is 0 Å². The van der Waals surface area contributed by atoms with Gasteiger partial charge in [0.2, 0.25) is 0 Å². The highest BCUT2D eigenvalue weighted by molar-refractivity contribution is 5.68. The summed E-state index contributed by atoms with van der Waals surface area (Å²) in [7, 11) is 0. The molecule has 3 rings (SSSR count). The molecule has 0 saturated heterocycles. The van der Waals surface area contributed by atoms with Crippen molar-refractivity contribution in [3.63, 3.8) is 0 Å². The average Bonchev–Trinajstić information content (AvgIpc) is 2.70. The first-order valence-electron chi connectivity index (χ1n) is 7.94. The van der Waals surface area contributed by atoms with Crippen LogP contribution in [0.15, 0.2) is 30.3 Å². The van der Waals surface area contributed by atoms with Crippen LogP contribution >= 0.6 is 0 Å². The fraction of sp³-hybridized carbons (Fsp3) is 0.368. The predicted octanol–water partition coefficient (Wildman–Crippen LogP) is 4.37. The van der Waals surface area contributed by atoms with Gasteiger partial charge in [-0.3, -0.25) is 0 Å². The monoisotopic (exact) mass is 298 g/mol. The van der Waals surface area contributed by atoms with E-state index in [0.29, 0.717) is 0 Å². The third-order valence-electron chi connectivity index (χ3n) is 4.68. The number of halogens is 1. The summed E-state index contributed by atoms with van der Waals surface area (Å²) >= 11 is 0. The number of aryl methyl sites for hydroxylation is 1. The minimum absolute atomic E-state index is 0.181. The maximum Gasteiger partial charge on any atom is 0.123 e. The van der Waals surface area contributed by atoms with Gasteiger partial charge >= 0.3 is 0 Å². The SMILES string of the molecule is Cc1cc2c(c(C)c1N)CCCCN2Cc1ccc(F)cc1. The van der Waals surface area contributed by atoms with Gasteiger partial charge in [0.05, 0.1) is 0 Å². The molecule has 0 unspecified atom stereocenters. The maximum atomic E-state index is 13.1. The quantitative estimate of drug-likeness (QED) is 0.834. The molecule has 0 saturated carbocycles. The number of fused-ring (bicyclic) bond motifs is 1. The van der Waals surface area contributed by atoms with Crippen molar-refractivity contribution in [2.75, 3.05) is 17.2 Å². The molecule has 0 aromatic heterocycles. The molecule has 2 aromatic rings. The lowest BCUT2D eigenvalue weighted by Crippen LogP contribution is -2.24. The first-order chi connectivity index (χ1) is 10.6. The fourth-order valence-corrected chi connectivity index (χ4v) is 3.32. The molecule has 1 aliphatic heterocycles. The van der Waals surface area contributed by atoms with Crippen molar-refractivity contribution in [2.24, 2.45) is 0 Å². The van der Waals surface area contributed by atoms with Crippen LogP contribution in [-0.2, 0) is 13.0 Å². The number of benzene rings is 2. The van der Waals surface area contributed by atoms with Crippen LogP contribution in [0.3, 0.4) is 0 Å². The largest absolute Gasteiger partial charge is 0.398 e. The van der Waals surface area contributed by atoms with Crippen molar-refractivity contribution in [2.45, 2.75) is 39.7 Å². The van der Waals surface area contributed by atoms with Crippen molar-refractivity contribution < 1.29 is 4.39 Å². The Hall–Kier alpha value is -2.03. The van der Waals surface area contributed by atoms with Crippen molar-refractivity contribution >= 4 is 11.4 Å². The molecule has 2 nitrogen and oxygen atoms in total. The third kappa shape index (κ3) is 2.80. The molecule has 1 aliphatic rings. The summed E-state index contributed by atoms with van der Waals surface area (Å²) in [6.45, 7) is 6.05. The molecule has 2 aromatic carbocycles. The third-order valence-corrected chi connectivity index (χ3v) is 4.68. The second-order valence-corrected chi connectivity index (χ2v) is 6.23. The molecule has 22 heavy (non-hydrogen) atoms. The normalized spacial score (nSPS) is 14.6. The van der Waals surface area contributed by atoms with Gasteiger partial charge in [-0.25, -0.2) is 4.39 Å². The van der Waals surface area contributed by atoms with Gasteiger partial charge in [-0.05, 0) is 73.6 Å². The van der Waals surface area contributed by atoms with E-state index in [1.807, 2.05) is 12.1 Å². The Labute approximate surface area is 131 Å². The molecule has 1 heterocycles. The topological polar surface area (TPSA) is 29.3 Å². The number of nitrogens with zero attached hydrogens (tertiary/aromatic N) is 1. The van der Waals surface area contributed by atoms with Crippen molar-refractivity contribution in [1.82, 2.24) is 0 Å². The van der Waals surface area contributed by atoms with Gasteiger partial charge in [-0.2, -0.15) is 0 Å². The fourth-order valence-electron chi connectivity index (χ4n) is 3.32. The Morgan fingerprint density at radius 2 is 1.86 bits per heavy atom. The van der Waals surface area contributed by atoms with E-state index in [1.54, 1.807) is 0 Å². The van der Waals surface area contributed by atoms with Crippen LogP contribution in [0.4, 0.5) is 15.8 Å². The van der Waals surface area contributed by atoms with Crippen molar-refractivity contribution in [3.05, 3.63) is 58.4 Å².